The topological polar surface area (TPSA) is 45.2 Å². The Hall–Kier alpha value is -2.36. The normalized spacial score (nSPS) is 10.1. The fourth-order valence-corrected chi connectivity index (χ4v) is 1.87. The Morgan fingerprint density at radius 1 is 1.20 bits per heavy atom. The average Bonchev–Trinajstić information content (AvgIpc) is 2.46. The molecule has 20 heavy (non-hydrogen) atoms. The summed E-state index contributed by atoms with van der Waals surface area (Å²) in [5.41, 5.74) is 3.35. The number of hydrogen-bond donors (Lipinski definition) is 1. The molecule has 0 atom stereocenters. The first kappa shape index (κ1) is 14.1. The van der Waals surface area contributed by atoms with Crippen LogP contribution in [0.4, 0.5) is 5.69 Å². The molecule has 0 bridgehead atoms. The maximum atomic E-state index is 11.2. The molecule has 0 saturated carbocycles. The summed E-state index contributed by atoms with van der Waals surface area (Å²) in [6.45, 7) is 2.96. The van der Waals surface area contributed by atoms with Gasteiger partial charge in [0.2, 0.25) is 5.91 Å². The van der Waals surface area contributed by atoms with E-state index < -0.39 is 0 Å². The van der Waals surface area contributed by atoms with Gasteiger partial charge in [-0.1, -0.05) is 12.1 Å². The second kappa shape index (κ2) is 6.70. The van der Waals surface area contributed by atoms with Crippen LogP contribution < -0.4 is 5.32 Å². The van der Waals surface area contributed by atoms with Crippen molar-refractivity contribution in [1.29, 1.82) is 0 Å². The highest BCUT2D eigenvalue weighted by atomic mass is 16.2. The fraction of sp³-hybridized carbons (Fsp3) is 0.250. The molecule has 2 aromatic rings. The van der Waals surface area contributed by atoms with Crippen molar-refractivity contribution in [3.63, 3.8) is 0 Å². The number of hydrogen-bond acceptors (Lipinski definition) is 3. The highest BCUT2D eigenvalue weighted by Gasteiger charge is 2.03. The summed E-state index contributed by atoms with van der Waals surface area (Å²) in [7, 11) is 1.80. The van der Waals surface area contributed by atoms with E-state index in [1.165, 1.54) is 5.56 Å². The number of aromatic nitrogens is 1. The van der Waals surface area contributed by atoms with E-state index in [0.717, 1.165) is 17.8 Å². The third-order valence-corrected chi connectivity index (χ3v) is 3.13. The number of carbonyl (C=O) groups is 1. The van der Waals surface area contributed by atoms with Gasteiger partial charge in [0.25, 0.3) is 0 Å². The second-order valence-corrected chi connectivity index (χ2v) is 4.78. The van der Waals surface area contributed by atoms with E-state index in [2.05, 4.69) is 16.4 Å². The van der Waals surface area contributed by atoms with Crippen LogP contribution in [-0.4, -0.2) is 22.8 Å². The maximum Gasteiger partial charge on any atom is 0.219 e. The number of nitrogens with one attached hydrogen (secondary N) is 1. The molecule has 1 aromatic carbocycles. The van der Waals surface area contributed by atoms with Crippen LogP contribution in [0.25, 0.3) is 0 Å². The van der Waals surface area contributed by atoms with E-state index in [1.807, 2.05) is 30.3 Å². The zero-order valence-corrected chi connectivity index (χ0v) is 11.8. The minimum Gasteiger partial charge on any atom is -0.381 e. The van der Waals surface area contributed by atoms with Crippen LogP contribution in [0.2, 0.25) is 0 Å². The van der Waals surface area contributed by atoms with Gasteiger partial charge in [0.05, 0.1) is 0 Å². The van der Waals surface area contributed by atoms with Gasteiger partial charge in [-0.2, -0.15) is 0 Å². The van der Waals surface area contributed by atoms with Gasteiger partial charge < -0.3 is 10.2 Å². The first-order valence-electron chi connectivity index (χ1n) is 6.58. The molecule has 0 aliphatic carbocycles. The van der Waals surface area contributed by atoms with E-state index in [0.29, 0.717) is 6.54 Å². The Kier molecular flexibility index (Phi) is 4.71. The molecule has 1 aromatic heterocycles. The Labute approximate surface area is 119 Å². The van der Waals surface area contributed by atoms with Gasteiger partial charge in [0.1, 0.15) is 0 Å². The summed E-state index contributed by atoms with van der Waals surface area (Å²) in [4.78, 5) is 16.9. The van der Waals surface area contributed by atoms with Crippen LogP contribution in [0, 0.1) is 0 Å². The van der Waals surface area contributed by atoms with Crippen molar-refractivity contribution in [2.45, 2.75) is 20.0 Å². The van der Waals surface area contributed by atoms with Crippen molar-refractivity contribution in [3.05, 3.63) is 59.9 Å². The zero-order valence-electron chi connectivity index (χ0n) is 11.8. The van der Waals surface area contributed by atoms with Crippen molar-refractivity contribution in [3.8, 4) is 0 Å². The van der Waals surface area contributed by atoms with Crippen molar-refractivity contribution in [2.24, 2.45) is 0 Å². The predicted octanol–water partition coefficient (Wildman–Crippen LogP) is 2.67. The molecule has 0 aliphatic rings. The number of anilines is 1. The molecule has 0 fully saturated rings. The summed E-state index contributed by atoms with van der Waals surface area (Å²) >= 11 is 0. The second-order valence-electron chi connectivity index (χ2n) is 4.78. The predicted molar refractivity (Wildman–Crippen MR) is 80.2 cm³/mol. The standard InChI is InChI=1S/C16H19N3O/c1-13(20)19(2)12-15-4-3-5-16(10-15)18-11-14-6-8-17-9-7-14/h3-10,18H,11-12H2,1-2H3. The summed E-state index contributed by atoms with van der Waals surface area (Å²) in [6, 6.07) is 12.1. The van der Waals surface area contributed by atoms with E-state index >= 15 is 0 Å². The quantitative estimate of drug-likeness (QED) is 0.907. The number of pyridine rings is 1. The number of amides is 1. The minimum atomic E-state index is 0.0696. The fourth-order valence-electron chi connectivity index (χ4n) is 1.87. The molecule has 0 radical (unpaired) electrons. The third-order valence-electron chi connectivity index (χ3n) is 3.13. The molecular formula is C16H19N3O. The van der Waals surface area contributed by atoms with Gasteiger partial charge in [-0.05, 0) is 35.4 Å². The number of rotatable bonds is 5. The molecule has 1 heterocycles. The number of carbonyl (C=O) groups excluding carboxylic acids is 1. The number of nitrogens with zero attached hydrogens (tertiary/aromatic N) is 2. The van der Waals surface area contributed by atoms with Crippen molar-refractivity contribution in [1.82, 2.24) is 9.88 Å². The highest BCUT2D eigenvalue weighted by Crippen LogP contribution is 2.13. The molecule has 2 rings (SSSR count). The molecule has 4 nitrogen and oxygen atoms in total. The first-order chi connectivity index (χ1) is 9.65. The lowest BCUT2D eigenvalue weighted by Gasteiger charge is -2.15. The van der Waals surface area contributed by atoms with Gasteiger partial charge >= 0.3 is 0 Å². The van der Waals surface area contributed by atoms with E-state index in [9.17, 15) is 4.79 Å². The van der Waals surface area contributed by atoms with Crippen LogP contribution >= 0.6 is 0 Å². The highest BCUT2D eigenvalue weighted by molar-refractivity contribution is 5.72. The van der Waals surface area contributed by atoms with Crippen LogP contribution in [0.15, 0.2) is 48.8 Å². The average molecular weight is 269 g/mol. The smallest absolute Gasteiger partial charge is 0.219 e. The summed E-state index contributed by atoms with van der Waals surface area (Å²) < 4.78 is 0. The Bertz CT molecular complexity index is 569. The maximum absolute atomic E-state index is 11.2. The van der Waals surface area contributed by atoms with Crippen LogP contribution in [-0.2, 0) is 17.9 Å². The van der Waals surface area contributed by atoms with Crippen LogP contribution in [0.3, 0.4) is 0 Å². The molecule has 104 valence electrons. The number of benzene rings is 1. The minimum absolute atomic E-state index is 0.0696. The third kappa shape index (κ3) is 4.09. The monoisotopic (exact) mass is 269 g/mol. The van der Waals surface area contributed by atoms with Crippen molar-refractivity contribution < 1.29 is 4.79 Å². The molecule has 0 saturated heterocycles. The Morgan fingerprint density at radius 2 is 1.95 bits per heavy atom. The van der Waals surface area contributed by atoms with Crippen molar-refractivity contribution >= 4 is 11.6 Å². The zero-order chi connectivity index (χ0) is 14.4. The summed E-state index contributed by atoms with van der Waals surface area (Å²) in [5, 5.41) is 3.37. The molecule has 4 heteroatoms. The van der Waals surface area contributed by atoms with Gasteiger partial charge in [-0.25, -0.2) is 0 Å². The molecular weight excluding hydrogens is 250 g/mol. The van der Waals surface area contributed by atoms with Gasteiger partial charge in [0.15, 0.2) is 0 Å². The first-order valence-corrected chi connectivity index (χ1v) is 6.58. The largest absolute Gasteiger partial charge is 0.381 e. The van der Waals surface area contributed by atoms with Crippen LogP contribution in [0.5, 0.6) is 0 Å². The lowest BCUT2D eigenvalue weighted by molar-refractivity contribution is -0.128. The van der Waals surface area contributed by atoms with Gasteiger partial charge in [-0.15, -0.1) is 0 Å². The van der Waals surface area contributed by atoms with E-state index in [-0.39, 0.29) is 5.91 Å². The summed E-state index contributed by atoms with van der Waals surface area (Å²) in [6.07, 6.45) is 3.57. The van der Waals surface area contributed by atoms with Gasteiger partial charge in [0, 0.05) is 45.1 Å². The van der Waals surface area contributed by atoms with Crippen LogP contribution in [0.1, 0.15) is 18.1 Å². The molecule has 0 aliphatic heterocycles. The molecule has 1 N–H and O–H groups in total. The molecule has 1 amide bonds. The van der Waals surface area contributed by atoms with E-state index in [4.69, 9.17) is 0 Å². The lowest BCUT2D eigenvalue weighted by atomic mass is 10.2. The van der Waals surface area contributed by atoms with E-state index in [1.54, 1.807) is 31.3 Å². The lowest BCUT2D eigenvalue weighted by Crippen LogP contribution is -2.22. The Morgan fingerprint density at radius 3 is 2.65 bits per heavy atom. The summed E-state index contributed by atoms with van der Waals surface area (Å²) in [5.74, 6) is 0.0696. The van der Waals surface area contributed by atoms with Gasteiger partial charge in [-0.3, -0.25) is 9.78 Å². The van der Waals surface area contributed by atoms with Crippen molar-refractivity contribution in [2.75, 3.05) is 12.4 Å². The Balaban J connectivity index is 1.97. The molecule has 0 unspecified atom stereocenters. The SMILES string of the molecule is CC(=O)N(C)Cc1cccc(NCc2ccncc2)c1. The molecule has 0 spiro atoms.